The molecule has 1 aromatic carbocycles. The fourth-order valence-corrected chi connectivity index (χ4v) is 2.54. The van der Waals surface area contributed by atoms with Crippen molar-refractivity contribution in [2.75, 3.05) is 12.4 Å². The van der Waals surface area contributed by atoms with E-state index >= 15 is 0 Å². The molecule has 0 saturated carbocycles. The Morgan fingerprint density at radius 1 is 1.19 bits per heavy atom. The van der Waals surface area contributed by atoms with E-state index in [2.05, 4.69) is 48.4 Å². The molecular weight excluding hydrogens is 216 g/mol. The molecule has 0 spiro atoms. The molecule has 0 radical (unpaired) electrons. The molecule has 16 heavy (non-hydrogen) atoms. The van der Waals surface area contributed by atoms with E-state index in [-0.39, 0.29) is 0 Å². The van der Waals surface area contributed by atoms with Gasteiger partial charge in [0.1, 0.15) is 0 Å². The molecule has 1 heterocycles. The molecule has 84 valence electrons. The van der Waals surface area contributed by atoms with E-state index < -0.39 is 0 Å². The van der Waals surface area contributed by atoms with Gasteiger partial charge >= 0.3 is 0 Å². The van der Waals surface area contributed by atoms with Crippen LogP contribution in [-0.4, -0.2) is 12.0 Å². The highest BCUT2D eigenvalue weighted by Crippen LogP contribution is 2.24. The Balaban J connectivity index is 2.19. The number of benzene rings is 1. The maximum absolute atomic E-state index is 4.45. The normalized spacial score (nSPS) is 10.4. The second kappa shape index (κ2) is 4.66. The predicted molar refractivity (Wildman–Crippen MR) is 70.4 cm³/mol. The Labute approximate surface area is 100 Å². The van der Waals surface area contributed by atoms with E-state index in [1.54, 1.807) is 11.3 Å². The zero-order valence-corrected chi connectivity index (χ0v) is 10.7. The van der Waals surface area contributed by atoms with Gasteiger partial charge in [-0.1, -0.05) is 29.8 Å². The first-order valence-electron chi connectivity index (χ1n) is 5.38. The topological polar surface area (TPSA) is 24.9 Å². The third kappa shape index (κ3) is 2.42. The number of hydrogen-bond donors (Lipinski definition) is 1. The lowest BCUT2D eigenvalue weighted by Crippen LogP contribution is -1.87. The fraction of sp³-hybridized carbons (Fsp3) is 0.308. The summed E-state index contributed by atoms with van der Waals surface area (Å²) in [5, 5.41) is 4.09. The predicted octanol–water partition coefficient (Wildman–Crippen LogP) is 3.39. The molecule has 2 rings (SSSR count). The van der Waals surface area contributed by atoms with Gasteiger partial charge in [0.25, 0.3) is 0 Å². The van der Waals surface area contributed by atoms with E-state index in [0.29, 0.717) is 0 Å². The number of anilines is 1. The lowest BCUT2D eigenvalue weighted by atomic mass is 10.1. The summed E-state index contributed by atoms with van der Waals surface area (Å²) in [4.78, 5) is 5.79. The molecule has 0 fully saturated rings. The van der Waals surface area contributed by atoms with Crippen LogP contribution in [0.4, 0.5) is 5.13 Å². The molecule has 2 aromatic rings. The van der Waals surface area contributed by atoms with Gasteiger partial charge in [0.05, 0.1) is 5.69 Å². The Morgan fingerprint density at radius 2 is 1.88 bits per heavy atom. The van der Waals surface area contributed by atoms with Gasteiger partial charge in [-0.2, -0.15) is 0 Å². The minimum absolute atomic E-state index is 0.978. The van der Waals surface area contributed by atoms with Crippen LogP contribution in [0.3, 0.4) is 0 Å². The Bertz CT molecular complexity index is 471. The van der Waals surface area contributed by atoms with Crippen molar-refractivity contribution in [1.29, 1.82) is 0 Å². The highest BCUT2D eigenvalue weighted by Gasteiger charge is 2.06. The van der Waals surface area contributed by atoms with Crippen LogP contribution in [0.2, 0.25) is 0 Å². The molecule has 0 saturated heterocycles. The monoisotopic (exact) mass is 232 g/mol. The molecule has 1 aromatic heterocycles. The number of aryl methyl sites for hydroxylation is 2. The van der Waals surface area contributed by atoms with Crippen molar-refractivity contribution in [2.24, 2.45) is 0 Å². The second-order valence-electron chi connectivity index (χ2n) is 3.94. The first kappa shape index (κ1) is 11.1. The number of nitrogens with zero attached hydrogens (tertiary/aromatic N) is 1. The average molecular weight is 232 g/mol. The van der Waals surface area contributed by atoms with Gasteiger partial charge in [-0.05, 0) is 19.4 Å². The largest absolute Gasteiger partial charge is 0.365 e. The van der Waals surface area contributed by atoms with Gasteiger partial charge in [0, 0.05) is 18.3 Å². The SMILES string of the molecule is CNc1nc(C)c(Cc2ccc(C)cc2)s1. The minimum Gasteiger partial charge on any atom is -0.365 e. The van der Waals surface area contributed by atoms with Gasteiger partial charge in [0.15, 0.2) is 5.13 Å². The van der Waals surface area contributed by atoms with Gasteiger partial charge in [-0.25, -0.2) is 4.98 Å². The summed E-state index contributed by atoms with van der Waals surface area (Å²) < 4.78 is 0. The third-order valence-electron chi connectivity index (χ3n) is 2.59. The summed E-state index contributed by atoms with van der Waals surface area (Å²) >= 11 is 1.74. The molecule has 1 N–H and O–H groups in total. The molecule has 0 unspecified atom stereocenters. The summed E-state index contributed by atoms with van der Waals surface area (Å²) in [6, 6.07) is 8.69. The van der Waals surface area contributed by atoms with Crippen LogP contribution < -0.4 is 5.32 Å². The molecule has 0 amide bonds. The standard InChI is InChI=1S/C13H16N2S/c1-9-4-6-11(7-5-9)8-12-10(2)15-13(14-3)16-12/h4-7H,8H2,1-3H3,(H,14,15). The van der Waals surface area contributed by atoms with Gasteiger partial charge in [-0.3, -0.25) is 0 Å². The lowest BCUT2D eigenvalue weighted by molar-refractivity contribution is 1.14. The van der Waals surface area contributed by atoms with E-state index in [4.69, 9.17) is 0 Å². The Morgan fingerprint density at radius 3 is 2.44 bits per heavy atom. The number of aromatic nitrogens is 1. The maximum atomic E-state index is 4.45. The van der Waals surface area contributed by atoms with Crippen LogP contribution in [0.15, 0.2) is 24.3 Å². The van der Waals surface area contributed by atoms with E-state index in [0.717, 1.165) is 17.2 Å². The second-order valence-corrected chi connectivity index (χ2v) is 5.02. The molecule has 0 aliphatic carbocycles. The van der Waals surface area contributed by atoms with E-state index in [9.17, 15) is 0 Å². The van der Waals surface area contributed by atoms with Crippen LogP contribution in [0.1, 0.15) is 21.7 Å². The van der Waals surface area contributed by atoms with Crippen molar-refractivity contribution in [2.45, 2.75) is 20.3 Å². The number of nitrogens with one attached hydrogen (secondary N) is 1. The van der Waals surface area contributed by atoms with Crippen molar-refractivity contribution >= 4 is 16.5 Å². The number of hydrogen-bond acceptors (Lipinski definition) is 3. The summed E-state index contributed by atoms with van der Waals surface area (Å²) in [6.45, 7) is 4.18. The van der Waals surface area contributed by atoms with E-state index in [1.807, 2.05) is 7.05 Å². The quantitative estimate of drug-likeness (QED) is 0.877. The van der Waals surface area contributed by atoms with Crippen molar-refractivity contribution < 1.29 is 0 Å². The zero-order chi connectivity index (χ0) is 11.5. The molecule has 0 bridgehead atoms. The van der Waals surface area contributed by atoms with E-state index in [1.165, 1.54) is 16.0 Å². The molecule has 2 nitrogen and oxygen atoms in total. The third-order valence-corrected chi connectivity index (χ3v) is 3.77. The highest BCUT2D eigenvalue weighted by molar-refractivity contribution is 7.15. The smallest absolute Gasteiger partial charge is 0.182 e. The van der Waals surface area contributed by atoms with Crippen LogP contribution in [0.25, 0.3) is 0 Å². The minimum atomic E-state index is 0.978. The average Bonchev–Trinajstić information content (AvgIpc) is 2.63. The summed E-state index contributed by atoms with van der Waals surface area (Å²) in [7, 11) is 1.91. The van der Waals surface area contributed by atoms with Gasteiger partial charge in [0.2, 0.25) is 0 Å². The summed E-state index contributed by atoms with van der Waals surface area (Å²) in [5.74, 6) is 0. The number of rotatable bonds is 3. The van der Waals surface area contributed by atoms with Crippen LogP contribution in [0, 0.1) is 13.8 Å². The first-order valence-corrected chi connectivity index (χ1v) is 6.20. The van der Waals surface area contributed by atoms with Crippen LogP contribution in [-0.2, 0) is 6.42 Å². The summed E-state index contributed by atoms with van der Waals surface area (Å²) in [5.41, 5.74) is 3.79. The van der Waals surface area contributed by atoms with Crippen molar-refractivity contribution in [3.8, 4) is 0 Å². The maximum Gasteiger partial charge on any atom is 0.182 e. The molecular formula is C13H16N2S. The Kier molecular flexibility index (Phi) is 3.25. The fourth-order valence-electron chi connectivity index (χ4n) is 1.59. The molecule has 0 aliphatic rings. The Hall–Kier alpha value is -1.35. The van der Waals surface area contributed by atoms with Gasteiger partial charge in [-0.15, -0.1) is 11.3 Å². The van der Waals surface area contributed by atoms with Crippen molar-refractivity contribution in [3.63, 3.8) is 0 Å². The number of thiazole rings is 1. The van der Waals surface area contributed by atoms with Crippen molar-refractivity contribution in [1.82, 2.24) is 4.98 Å². The van der Waals surface area contributed by atoms with Crippen LogP contribution in [0.5, 0.6) is 0 Å². The zero-order valence-electron chi connectivity index (χ0n) is 9.87. The first-order chi connectivity index (χ1) is 7.69. The molecule has 0 atom stereocenters. The van der Waals surface area contributed by atoms with Crippen molar-refractivity contribution in [3.05, 3.63) is 46.0 Å². The molecule has 3 heteroatoms. The summed E-state index contributed by atoms with van der Waals surface area (Å²) in [6.07, 6.45) is 0.978. The molecule has 0 aliphatic heterocycles. The van der Waals surface area contributed by atoms with Crippen LogP contribution >= 0.6 is 11.3 Å². The highest BCUT2D eigenvalue weighted by atomic mass is 32.1. The lowest BCUT2D eigenvalue weighted by Gasteiger charge is -2.00. The van der Waals surface area contributed by atoms with Gasteiger partial charge < -0.3 is 5.32 Å².